The molecule has 0 amide bonds. The maximum absolute atomic E-state index is 14.1. The number of carbonyl (C=O) groups is 1. The van der Waals surface area contributed by atoms with Gasteiger partial charge in [-0.25, -0.2) is 9.79 Å². The molecule has 0 aliphatic carbocycles. The third-order valence-electron chi connectivity index (χ3n) is 7.37. The van der Waals surface area contributed by atoms with Crippen molar-refractivity contribution < 1.29 is 19.0 Å². The van der Waals surface area contributed by atoms with Gasteiger partial charge in [0, 0.05) is 24.3 Å². The second-order valence-electron chi connectivity index (χ2n) is 9.90. The number of fused-ring (bicyclic) bond motifs is 1. The number of ether oxygens (including phenoxy) is 3. The first-order valence-electron chi connectivity index (χ1n) is 13.9. The molecule has 0 radical (unpaired) electrons. The van der Waals surface area contributed by atoms with E-state index in [0.717, 1.165) is 48.7 Å². The Morgan fingerprint density at radius 3 is 2.40 bits per heavy atom. The Hall–Kier alpha value is -4.47. The highest BCUT2D eigenvalue weighted by Crippen LogP contribution is 2.35. The van der Waals surface area contributed by atoms with E-state index in [9.17, 15) is 9.59 Å². The number of rotatable bonds is 7. The molecule has 0 N–H and O–H groups in total. The number of morpholine rings is 1. The summed E-state index contributed by atoms with van der Waals surface area (Å²) in [4.78, 5) is 35.4. The largest absolute Gasteiger partial charge is 0.497 e. The molecule has 8 nitrogen and oxygen atoms in total. The predicted octanol–water partition coefficient (Wildman–Crippen LogP) is 3.78. The summed E-state index contributed by atoms with van der Waals surface area (Å²) in [5, 5.41) is 0. The van der Waals surface area contributed by atoms with Crippen molar-refractivity contribution in [1.29, 1.82) is 0 Å². The highest BCUT2D eigenvalue weighted by Gasteiger charge is 2.35. The smallest absolute Gasteiger partial charge is 0.338 e. The van der Waals surface area contributed by atoms with Crippen LogP contribution in [0.15, 0.2) is 94.2 Å². The summed E-state index contributed by atoms with van der Waals surface area (Å²) < 4.78 is 18.5. The number of hydrogen-bond donors (Lipinski definition) is 0. The van der Waals surface area contributed by atoms with Crippen LogP contribution in [-0.2, 0) is 14.3 Å². The maximum Gasteiger partial charge on any atom is 0.338 e. The molecule has 6 rings (SSSR count). The van der Waals surface area contributed by atoms with Gasteiger partial charge in [0.15, 0.2) is 4.80 Å². The van der Waals surface area contributed by atoms with Crippen molar-refractivity contribution in [3.05, 3.63) is 121 Å². The Kier molecular flexibility index (Phi) is 8.03. The van der Waals surface area contributed by atoms with Gasteiger partial charge in [-0.05, 0) is 48.4 Å². The van der Waals surface area contributed by atoms with Gasteiger partial charge in [-0.2, -0.15) is 0 Å². The second kappa shape index (κ2) is 12.2. The molecular formula is C33H31N3O5S. The van der Waals surface area contributed by atoms with E-state index in [4.69, 9.17) is 19.2 Å². The molecule has 1 fully saturated rings. The Morgan fingerprint density at radius 2 is 1.74 bits per heavy atom. The van der Waals surface area contributed by atoms with Gasteiger partial charge in [0.2, 0.25) is 0 Å². The number of methoxy groups -OCH3 is 1. The van der Waals surface area contributed by atoms with Gasteiger partial charge in [0.1, 0.15) is 5.75 Å². The summed E-state index contributed by atoms with van der Waals surface area (Å²) >= 11 is 1.31. The van der Waals surface area contributed by atoms with E-state index in [1.807, 2.05) is 72.8 Å². The minimum absolute atomic E-state index is 0.199. The SMILES string of the molecule is CCOC(=O)C1=C(c2ccccc2)N=c2s/c(=C/c3ccc(N4CCOCC4)cc3)c(=O)n2[C@H]1c1ccc(OC)cc1. The van der Waals surface area contributed by atoms with E-state index in [-0.39, 0.29) is 12.2 Å². The summed E-state index contributed by atoms with van der Waals surface area (Å²) in [5.41, 5.74) is 4.17. The summed E-state index contributed by atoms with van der Waals surface area (Å²) in [6.45, 7) is 5.12. The first-order chi connectivity index (χ1) is 20.6. The van der Waals surface area contributed by atoms with Gasteiger partial charge in [-0.1, -0.05) is 65.9 Å². The number of nitrogens with zero attached hydrogens (tertiary/aromatic N) is 3. The topological polar surface area (TPSA) is 82.4 Å². The third kappa shape index (κ3) is 5.41. The lowest BCUT2D eigenvalue weighted by atomic mass is 9.93. The van der Waals surface area contributed by atoms with Crippen LogP contribution in [0.5, 0.6) is 5.75 Å². The van der Waals surface area contributed by atoms with E-state index < -0.39 is 12.0 Å². The van der Waals surface area contributed by atoms with Crippen LogP contribution in [0.3, 0.4) is 0 Å². The minimum atomic E-state index is -0.729. The number of esters is 1. The number of benzene rings is 3. The monoisotopic (exact) mass is 581 g/mol. The summed E-state index contributed by atoms with van der Waals surface area (Å²) in [6.07, 6.45) is 1.88. The van der Waals surface area contributed by atoms with Gasteiger partial charge in [-0.3, -0.25) is 9.36 Å². The van der Waals surface area contributed by atoms with E-state index in [0.29, 0.717) is 26.4 Å². The normalized spacial score (nSPS) is 17.0. The highest BCUT2D eigenvalue weighted by atomic mass is 32.1. The fraction of sp³-hybridized carbons (Fsp3) is 0.242. The molecule has 3 heterocycles. The molecule has 1 saturated heterocycles. The summed E-state index contributed by atoms with van der Waals surface area (Å²) in [6, 6.07) is 24.4. The zero-order chi connectivity index (χ0) is 29.1. The Morgan fingerprint density at radius 1 is 1.02 bits per heavy atom. The predicted molar refractivity (Wildman–Crippen MR) is 164 cm³/mol. The second-order valence-corrected chi connectivity index (χ2v) is 10.9. The summed E-state index contributed by atoms with van der Waals surface area (Å²) in [7, 11) is 1.60. The van der Waals surface area contributed by atoms with Crippen LogP contribution in [-0.4, -0.2) is 50.6 Å². The van der Waals surface area contributed by atoms with Gasteiger partial charge < -0.3 is 19.1 Å². The summed E-state index contributed by atoms with van der Waals surface area (Å²) in [5.74, 6) is 0.172. The molecule has 0 bridgehead atoms. The van der Waals surface area contributed by atoms with Crippen molar-refractivity contribution in [2.45, 2.75) is 13.0 Å². The molecule has 0 saturated carbocycles. The average Bonchev–Trinajstić information content (AvgIpc) is 3.35. The van der Waals surface area contributed by atoms with Crippen LogP contribution in [0.1, 0.15) is 29.7 Å². The first-order valence-corrected chi connectivity index (χ1v) is 14.7. The van der Waals surface area contributed by atoms with E-state index >= 15 is 0 Å². The maximum atomic E-state index is 14.1. The number of hydrogen-bond acceptors (Lipinski definition) is 8. The van der Waals surface area contributed by atoms with Crippen LogP contribution >= 0.6 is 11.3 Å². The van der Waals surface area contributed by atoms with Gasteiger partial charge in [0.05, 0.1) is 48.8 Å². The van der Waals surface area contributed by atoms with E-state index in [2.05, 4.69) is 17.0 Å². The van der Waals surface area contributed by atoms with Crippen LogP contribution in [0.2, 0.25) is 0 Å². The molecular weight excluding hydrogens is 550 g/mol. The van der Waals surface area contributed by atoms with Crippen molar-refractivity contribution in [2.24, 2.45) is 4.99 Å². The van der Waals surface area contributed by atoms with Crippen molar-refractivity contribution in [2.75, 3.05) is 44.9 Å². The van der Waals surface area contributed by atoms with Gasteiger partial charge in [-0.15, -0.1) is 0 Å². The number of thiazole rings is 1. The molecule has 0 spiro atoms. The van der Waals surface area contributed by atoms with Crippen molar-refractivity contribution >= 4 is 34.8 Å². The van der Waals surface area contributed by atoms with E-state index in [1.165, 1.54) is 11.3 Å². The van der Waals surface area contributed by atoms with Gasteiger partial charge in [0.25, 0.3) is 5.56 Å². The first kappa shape index (κ1) is 27.7. The fourth-order valence-electron chi connectivity index (χ4n) is 5.30. The molecule has 2 aliphatic rings. The molecule has 214 valence electrons. The molecule has 1 atom stereocenters. The molecule has 2 aliphatic heterocycles. The van der Waals surface area contributed by atoms with Crippen LogP contribution in [0.4, 0.5) is 5.69 Å². The lowest BCUT2D eigenvalue weighted by molar-refractivity contribution is -0.138. The van der Waals surface area contributed by atoms with Crippen LogP contribution < -0.4 is 24.5 Å². The molecule has 1 aromatic heterocycles. The molecule has 4 aromatic rings. The molecule has 9 heteroatoms. The molecule has 3 aromatic carbocycles. The van der Waals surface area contributed by atoms with Crippen molar-refractivity contribution in [3.63, 3.8) is 0 Å². The van der Waals surface area contributed by atoms with Crippen LogP contribution in [0.25, 0.3) is 11.8 Å². The number of anilines is 1. The quantitative estimate of drug-likeness (QED) is 0.309. The Labute approximate surface area is 247 Å². The zero-order valence-electron chi connectivity index (χ0n) is 23.5. The van der Waals surface area contributed by atoms with E-state index in [1.54, 1.807) is 18.6 Å². The van der Waals surface area contributed by atoms with Crippen molar-refractivity contribution in [3.8, 4) is 5.75 Å². The zero-order valence-corrected chi connectivity index (χ0v) is 24.3. The number of carbonyl (C=O) groups excluding carboxylic acids is 1. The average molecular weight is 582 g/mol. The fourth-order valence-corrected chi connectivity index (χ4v) is 6.30. The minimum Gasteiger partial charge on any atom is -0.497 e. The third-order valence-corrected chi connectivity index (χ3v) is 8.36. The van der Waals surface area contributed by atoms with Gasteiger partial charge >= 0.3 is 5.97 Å². The van der Waals surface area contributed by atoms with Crippen molar-refractivity contribution in [1.82, 2.24) is 4.57 Å². The Balaban J connectivity index is 1.51. The molecule has 0 unspecified atom stereocenters. The van der Waals surface area contributed by atoms with Crippen LogP contribution in [0, 0.1) is 0 Å². The molecule has 42 heavy (non-hydrogen) atoms. The lowest BCUT2D eigenvalue weighted by Gasteiger charge is -2.28. The highest BCUT2D eigenvalue weighted by molar-refractivity contribution is 7.07. The number of aromatic nitrogens is 1. The Bertz CT molecular complexity index is 1790. The lowest BCUT2D eigenvalue weighted by Crippen LogP contribution is -2.40. The standard InChI is InChI=1S/C33H31N3O5S/c1-3-41-32(38)28-29(23-7-5-4-6-8-23)34-33-36(30(28)24-11-15-26(39-2)16-12-24)31(37)27(42-33)21-22-9-13-25(14-10-22)35-17-19-40-20-18-35/h4-16,21,30H,3,17-20H2,1-2H3/b27-21+/t30-/m0/s1.